The van der Waals surface area contributed by atoms with Gasteiger partial charge in [0.05, 0.1) is 6.10 Å². The van der Waals surface area contributed by atoms with E-state index < -0.39 is 6.10 Å². The van der Waals surface area contributed by atoms with Crippen molar-refractivity contribution in [2.24, 2.45) is 5.41 Å². The summed E-state index contributed by atoms with van der Waals surface area (Å²) in [5.74, 6) is 0. The summed E-state index contributed by atoms with van der Waals surface area (Å²) in [5.41, 5.74) is 0.998. The Labute approximate surface area is 110 Å². The number of nitrogens with one attached hydrogen (secondary N) is 1. The van der Waals surface area contributed by atoms with Gasteiger partial charge >= 0.3 is 0 Å². The predicted octanol–water partition coefficient (Wildman–Crippen LogP) is 1.84. The van der Waals surface area contributed by atoms with Gasteiger partial charge in [0.2, 0.25) is 0 Å². The molecule has 1 atom stereocenters. The van der Waals surface area contributed by atoms with Crippen LogP contribution in [0.4, 0.5) is 0 Å². The van der Waals surface area contributed by atoms with Gasteiger partial charge < -0.3 is 15.5 Å². The van der Waals surface area contributed by atoms with Crippen LogP contribution in [0.2, 0.25) is 0 Å². The Balaban J connectivity index is 1.79. The number of aliphatic hydroxyl groups is 2. The number of aliphatic hydroxyl groups excluding tert-OH is 2. The van der Waals surface area contributed by atoms with E-state index in [0.717, 1.165) is 29.4 Å². The molecule has 1 unspecified atom stereocenters. The van der Waals surface area contributed by atoms with E-state index in [2.05, 4.69) is 21.2 Å². The van der Waals surface area contributed by atoms with Crippen molar-refractivity contribution in [3.8, 4) is 0 Å². The van der Waals surface area contributed by atoms with Gasteiger partial charge in [0.25, 0.3) is 0 Å². The van der Waals surface area contributed by atoms with Crippen molar-refractivity contribution >= 4 is 15.9 Å². The van der Waals surface area contributed by atoms with Crippen molar-refractivity contribution in [3.63, 3.8) is 0 Å². The summed E-state index contributed by atoms with van der Waals surface area (Å²) >= 11 is 3.39. The van der Waals surface area contributed by atoms with Gasteiger partial charge in [0.15, 0.2) is 0 Å². The molecule has 0 aromatic heterocycles. The molecular formula is C13H18BrNO2. The molecule has 3 nitrogen and oxygen atoms in total. The Morgan fingerprint density at radius 2 is 2.18 bits per heavy atom. The van der Waals surface area contributed by atoms with Gasteiger partial charge in [-0.1, -0.05) is 28.1 Å². The van der Waals surface area contributed by atoms with Crippen molar-refractivity contribution in [1.82, 2.24) is 5.32 Å². The van der Waals surface area contributed by atoms with E-state index in [-0.39, 0.29) is 12.0 Å². The molecule has 1 aliphatic carbocycles. The number of hydrogen-bond acceptors (Lipinski definition) is 3. The van der Waals surface area contributed by atoms with E-state index >= 15 is 0 Å². The molecule has 0 bridgehead atoms. The summed E-state index contributed by atoms with van der Waals surface area (Å²) in [6.07, 6.45) is 1.68. The van der Waals surface area contributed by atoms with Gasteiger partial charge in [-0.15, -0.1) is 0 Å². The van der Waals surface area contributed by atoms with Crippen LogP contribution in [0.5, 0.6) is 0 Å². The van der Waals surface area contributed by atoms with Crippen LogP contribution in [-0.4, -0.2) is 29.9 Å². The van der Waals surface area contributed by atoms with Crippen LogP contribution in [0.25, 0.3) is 0 Å². The van der Waals surface area contributed by atoms with Gasteiger partial charge in [-0.25, -0.2) is 0 Å². The largest absolute Gasteiger partial charge is 0.396 e. The van der Waals surface area contributed by atoms with Crippen LogP contribution in [0, 0.1) is 5.41 Å². The molecule has 2 rings (SSSR count). The number of rotatable bonds is 6. The number of hydrogen-bond donors (Lipinski definition) is 3. The molecule has 0 radical (unpaired) electrons. The van der Waals surface area contributed by atoms with E-state index in [1.54, 1.807) is 0 Å². The highest BCUT2D eigenvalue weighted by molar-refractivity contribution is 9.10. The summed E-state index contributed by atoms with van der Waals surface area (Å²) in [6.45, 7) is 1.56. The quantitative estimate of drug-likeness (QED) is 0.751. The second-order valence-electron chi connectivity index (χ2n) is 4.86. The molecule has 0 amide bonds. The van der Waals surface area contributed by atoms with E-state index in [4.69, 9.17) is 5.11 Å². The molecular weight excluding hydrogens is 282 g/mol. The second kappa shape index (κ2) is 5.48. The van der Waals surface area contributed by atoms with Crippen molar-refractivity contribution in [3.05, 3.63) is 34.3 Å². The van der Waals surface area contributed by atoms with E-state index in [9.17, 15) is 5.11 Å². The lowest BCUT2D eigenvalue weighted by atomic mass is 10.1. The molecule has 1 saturated carbocycles. The average Bonchev–Trinajstić information content (AvgIpc) is 3.10. The zero-order chi connectivity index (χ0) is 12.3. The maximum atomic E-state index is 9.99. The lowest BCUT2D eigenvalue weighted by molar-refractivity contribution is 0.162. The molecule has 1 aromatic carbocycles. The van der Waals surface area contributed by atoms with Gasteiger partial charge in [-0.05, 0) is 30.5 Å². The highest BCUT2D eigenvalue weighted by Crippen LogP contribution is 2.44. The fraction of sp³-hybridized carbons (Fsp3) is 0.538. The summed E-state index contributed by atoms with van der Waals surface area (Å²) in [7, 11) is 0. The lowest BCUT2D eigenvalue weighted by Crippen LogP contribution is -2.30. The molecule has 0 heterocycles. The molecule has 1 aliphatic rings. The number of halogens is 1. The van der Waals surface area contributed by atoms with Crippen LogP contribution in [-0.2, 0) is 0 Å². The van der Waals surface area contributed by atoms with Crippen LogP contribution in [0.1, 0.15) is 24.5 Å². The van der Waals surface area contributed by atoms with Gasteiger partial charge in [-0.2, -0.15) is 0 Å². The first-order valence-corrected chi connectivity index (χ1v) is 6.70. The Morgan fingerprint density at radius 3 is 2.76 bits per heavy atom. The van der Waals surface area contributed by atoms with E-state index in [1.807, 2.05) is 24.3 Å². The fourth-order valence-corrected chi connectivity index (χ4v) is 2.29. The zero-order valence-electron chi connectivity index (χ0n) is 9.69. The Hall–Kier alpha value is -0.420. The van der Waals surface area contributed by atoms with Crippen LogP contribution in [0.3, 0.4) is 0 Å². The normalized spacial score (nSPS) is 19.0. The minimum Gasteiger partial charge on any atom is -0.396 e. The predicted molar refractivity (Wildman–Crippen MR) is 70.7 cm³/mol. The van der Waals surface area contributed by atoms with Crippen LogP contribution >= 0.6 is 15.9 Å². The highest BCUT2D eigenvalue weighted by atomic mass is 79.9. The van der Waals surface area contributed by atoms with Gasteiger partial charge in [0, 0.05) is 29.6 Å². The first-order valence-electron chi connectivity index (χ1n) is 5.90. The van der Waals surface area contributed by atoms with E-state index in [0.29, 0.717) is 6.54 Å². The topological polar surface area (TPSA) is 52.5 Å². The Kier molecular flexibility index (Phi) is 4.20. The summed E-state index contributed by atoms with van der Waals surface area (Å²) in [5, 5.41) is 22.4. The van der Waals surface area contributed by atoms with Crippen LogP contribution < -0.4 is 5.32 Å². The summed E-state index contributed by atoms with van der Waals surface area (Å²) in [4.78, 5) is 0. The smallest absolute Gasteiger partial charge is 0.0914 e. The highest BCUT2D eigenvalue weighted by Gasteiger charge is 2.41. The molecule has 0 saturated heterocycles. The van der Waals surface area contributed by atoms with Crippen molar-refractivity contribution < 1.29 is 10.2 Å². The first-order chi connectivity index (χ1) is 8.15. The maximum Gasteiger partial charge on any atom is 0.0914 e. The minimum absolute atomic E-state index is 0.0942. The Morgan fingerprint density at radius 1 is 1.41 bits per heavy atom. The minimum atomic E-state index is -0.498. The molecule has 1 aromatic rings. The van der Waals surface area contributed by atoms with Crippen molar-refractivity contribution in [2.75, 3.05) is 19.7 Å². The second-order valence-corrected chi connectivity index (χ2v) is 5.78. The van der Waals surface area contributed by atoms with Crippen LogP contribution in [0.15, 0.2) is 28.7 Å². The first kappa shape index (κ1) is 13.0. The molecule has 4 heteroatoms. The lowest BCUT2D eigenvalue weighted by Gasteiger charge is -2.16. The van der Waals surface area contributed by atoms with Gasteiger partial charge in [-0.3, -0.25) is 0 Å². The molecule has 3 N–H and O–H groups in total. The average molecular weight is 300 g/mol. The monoisotopic (exact) mass is 299 g/mol. The third-order valence-corrected chi connectivity index (χ3v) is 3.86. The van der Waals surface area contributed by atoms with Crippen molar-refractivity contribution in [1.29, 1.82) is 0 Å². The summed E-state index contributed by atoms with van der Waals surface area (Å²) < 4.78 is 0.975. The molecule has 0 spiro atoms. The van der Waals surface area contributed by atoms with Crippen molar-refractivity contribution in [2.45, 2.75) is 18.9 Å². The SMILES string of the molecule is OCC1(CNCC(O)c2cccc(Br)c2)CC1. The molecule has 1 fully saturated rings. The third kappa shape index (κ3) is 3.52. The fourth-order valence-electron chi connectivity index (χ4n) is 1.87. The standard InChI is InChI=1S/C13H18BrNO2/c14-11-3-1-2-10(6-11)12(17)7-15-8-13(9-16)4-5-13/h1-3,6,12,15-17H,4-5,7-9H2. The van der Waals surface area contributed by atoms with E-state index in [1.165, 1.54) is 0 Å². The Bertz CT molecular complexity index is 379. The molecule has 94 valence electrons. The molecule has 17 heavy (non-hydrogen) atoms. The third-order valence-electron chi connectivity index (χ3n) is 3.36. The summed E-state index contributed by atoms with van der Waals surface area (Å²) in [6, 6.07) is 7.69. The maximum absolute atomic E-state index is 9.99. The zero-order valence-corrected chi connectivity index (χ0v) is 11.3. The molecule has 0 aliphatic heterocycles. The number of benzene rings is 1. The van der Waals surface area contributed by atoms with Gasteiger partial charge in [0.1, 0.15) is 0 Å².